The Balaban J connectivity index is 1.75. The highest BCUT2D eigenvalue weighted by Gasteiger charge is 2.20. The number of benzene rings is 2. The molecule has 0 saturated heterocycles. The maximum absolute atomic E-state index is 12.6. The average molecular weight is 422 g/mol. The van der Waals surface area contributed by atoms with Crippen molar-refractivity contribution in [3.8, 4) is 0 Å². The van der Waals surface area contributed by atoms with Crippen LogP contribution in [0, 0.1) is 0 Å². The molecule has 0 spiro atoms. The second-order valence-electron chi connectivity index (χ2n) is 6.70. The topological polar surface area (TPSA) is 46.2 Å². The number of hydrogen-bond donors (Lipinski definition) is 1. The van der Waals surface area contributed by atoms with Crippen LogP contribution in [-0.2, 0) is 28.6 Å². The van der Waals surface area contributed by atoms with E-state index in [1.54, 1.807) is 0 Å². The Morgan fingerprint density at radius 2 is 1.72 bits per heavy atom. The van der Waals surface area contributed by atoms with Crippen molar-refractivity contribution < 1.29 is 8.42 Å². The van der Waals surface area contributed by atoms with Crippen LogP contribution < -0.4 is 4.72 Å². The summed E-state index contributed by atoms with van der Waals surface area (Å²) >= 11 is 3.37. The lowest BCUT2D eigenvalue weighted by atomic mass is 9.89. The number of hydrogen-bond acceptors (Lipinski definition) is 2. The smallest absolute Gasteiger partial charge is 0.212 e. The van der Waals surface area contributed by atoms with E-state index in [9.17, 15) is 8.42 Å². The molecule has 2 aromatic carbocycles. The summed E-state index contributed by atoms with van der Waals surface area (Å²) in [6.45, 7) is 2.02. The molecule has 5 heteroatoms. The van der Waals surface area contributed by atoms with Crippen LogP contribution in [0.2, 0.25) is 0 Å². The Hall–Kier alpha value is -1.17. The molecule has 0 radical (unpaired) electrons. The van der Waals surface area contributed by atoms with E-state index in [-0.39, 0.29) is 11.8 Å². The predicted octanol–water partition coefficient (Wildman–Crippen LogP) is 4.90. The standard InChI is InChI=1S/C20H24BrNO2S/c1-2-20(18-10-9-16-5-3-4-6-17(16)13-18)22-25(23,24)14-15-7-11-19(21)12-8-15/h7-13,20,22H,2-6,14H2,1H3/t20-/m1/s1. The summed E-state index contributed by atoms with van der Waals surface area (Å²) in [6.07, 6.45) is 5.46. The van der Waals surface area contributed by atoms with Gasteiger partial charge in [0.1, 0.15) is 0 Å². The van der Waals surface area contributed by atoms with Gasteiger partial charge in [-0.25, -0.2) is 13.1 Å². The number of halogens is 1. The van der Waals surface area contributed by atoms with Crippen molar-refractivity contribution >= 4 is 26.0 Å². The molecule has 0 unspecified atom stereocenters. The van der Waals surface area contributed by atoms with E-state index in [1.807, 2.05) is 31.2 Å². The Kier molecular flexibility index (Phi) is 5.97. The Bertz CT molecular complexity index is 831. The highest BCUT2D eigenvalue weighted by Crippen LogP contribution is 2.26. The number of sulfonamides is 1. The Morgan fingerprint density at radius 3 is 2.40 bits per heavy atom. The summed E-state index contributed by atoms with van der Waals surface area (Å²) in [5.41, 5.74) is 4.66. The van der Waals surface area contributed by atoms with Crippen LogP contribution in [0.3, 0.4) is 0 Å². The molecular formula is C20H24BrNO2S. The second-order valence-corrected chi connectivity index (χ2v) is 9.37. The van der Waals surface area contributed by atoms with Gasteiger partial charge in [-0.1, -0.05) is 53.2 Å². The summed E-state index contributed by atoms with van der Waals surface area (Å²) in [5, 5.41) is 0. The van der Waals surface area contributed by atoms with Crippen molar-refractivity contribution in [1.82, 2.24) is 4.72 Å². The lowest BCUT2D eigenvalue weighted by Crippen LogP contribution is -2.29. The molecule has 1 N–H and O–H groups in total. The minimum atomic E-state index is -3.39. The van der Waals surface area contributed by atoms with Crippen LogP contribution in [0.1, 0.15) is 54.5 Å². The lowest BCUT2D eigenvalue weighted by Gasteiger charge is -2.21. The van der Waals surface area contributed by atoms with Gasteiger partial charge in [0, 0.05) is 10.5 Å². The van der Waals surface area contributed by atoms with Gasteiger partial charge in [0.2, 0.25) is 10.0 Å². The lowest BCUT2D eigenvalue weighted by molar-refractivity contribution is 0.548. The first-order valence-corrected chi connectivity index (χ1v) is 11.3. The molecule has 0 amide bonds. The van der Waals surface area contributed by atoms with E-state index in [2.05, 4.69) is 38.9 Å². The summed E-state index contributed by atoms with van der Waals surface area (Å²) in [4.78, 5) is 0. The van der Waals surface area contributed by atoms with Gasteiger partial charge in [0.25, 0.3) is 0 Å². The van der Waals surface area contributed by atoms with Crippen LogP contribution in [0.5, 0.6) is 0 Å². The zero-order valence-corrected chi connectivity index (χ0v) is 16.9. The van der Waals surface area contributed by atoms with Crippen molar-refractivity contribution in [2.24, 2.45) is 0 Å². The first-order chi connectivity index (χ1) is 12.0. The predicted molar refractivity (Wildman–Crippen MR) is 106 cm³/mol. The first kappa shape index (κ1) is 18.6. The maximum Gasteiger partial charge on any atom is 0.216 e. The average Bonchev–Trinajstić information content (AvgIpc) is 2.61. The SMILES string of the molecule is CC[C@@H](NS(=O)(=O)Cc1ccc(Br)cc1)c1ccc2c(c1)CCCC2. The van der Waals surface area contributed by atoms with E-state index >= 15 is 0 Å². The largest absolute Gasteiger partial charge is 0.216 e. The van der Waals surface area contributed by atoms with Crippen molar-refractivity contribution in [3.05, 3.63) is 69.2 Å². The first-order valence-electron chi connectivity index (χ1n) is 8.83. The fourth-order valence-electron chi connectivity index (χ4n) is 3.42. The summed E-state index contributed by atoms with van der Waals surface area (Å²) in [6, 6.07) is 13.7. The van der Waals surface area contributed by atoms with Crippen LogP contribution in [-0.4, -0.2) is 8.42 Å². The molecule has 1 aliphatic rings. The van der Waals surface area contributed by atoms with Gasteiger partial charge in [-0.05, 0) is 66.5 Å². The van der Waals surface area contributed by atoms with Crippen LogP contribution in [0.4, 0.5) is 0 Å². The molecule has 0 saturated carbocycles. The molecule has 0 fully saturated rings. The van der Waals surface area contributed by atoms with Crippen molar-refractivity contribution in [3.63, 3.8) is 0 Å². The minimum Gasteiger partial charge on any atom is -0.212 e. The van der Waals surface area contributed by atoms with E-state index in [0.29, 0.717) is 0 Å². The van der Waals surface area contributed by atoms with Crippen molar-refractivity contribution in [2.45, 2.75) is 50.8 Å². The number of nitrogens with one attached hydrogen (secondary N) is 1. The van der Waals surface area contributed by atoms with Gasteiger partial charge < -0.3 is 0 Å². The Labute approximate surface area is 159 Å². The van der Waals surface area contributed by atoms with E-state index in [0.717, 1.165) is 34.9 Å². The third kappa shape index (κ3) is 4.93. The minimum absolute atomic E-state index is 0.00171. The van der Waals surface area contributed by atoms with Crippen molar-refractivity contribution in [1.29, 1.82) is 0 Å². The zero-order valence-electron chi connectivity index (χ0n) is 14.5. The van der Waals surface area contributed by atoms with E-state index in [1.165, 1.54) is 24.0 Å². The van der Waals surface area contributed by atoms with Gasteiger partial charge >= 0.3 is 0 Å². The Morgan fingerprint density at radius 1 is 1.04 bits per heavy atom. The molecule has 0 aliphatic heterocycles. The van der Waals surface area contributed by atoms with E-state index in [4.69, 9.17) is 0 Å². The van der Waals surface area contributed by atoms with Gasteiger partial charge in [0.05, 0.1) is 5.75 Å². The fraction of sp³-hybridized carbons (Fsp3) is 0.400. The van der Waals surface area contributed by atoms with Crippen LogP contribution in [0.25, 0.3) is 0 Å². The molecule has 0 aromatic heterocycles. The van der Waals surface area contributed by atoms with Gasteiger partial charge in [-0.3, -0.25) is 0 Å². The number of aryl methyl sites for hydroxylation is 2. The molecular weight excluding hydrogens is 398 g/mol. The van der Waals surface area contributed by atoms with Crippen LogP contribution in [0.15, 0.2) is 46.9 Å². The van der Waals surface area contributed by atoms with E-state index < -0.39 is 10.0 Å². The monoisotopic (exact) mass is 421 g/mol. The second kappa shape index (κ2) is 8.02. The number of rotatable bonds is 6. The molecule has 0 bridgehead atoms. The highest BCUT2D eigenvalue weighted by molar-refractivity contribution is 9.10. The third-order valence-corrected chi connectivity index (χ3v) is 6.66. The third-order valence-electron chi connectivity index (χ3n) is 4.77. The maximum atomic E-state index is 12.6. The van der Waals surface area contributed by atoms with Gasteiger partial charge in [-0.2, -0.15) is 0 Å². The fourth-order valence-corrected chi connectivity index (χ4v) is 5.13. The molecule has 0 heterocycles. The molecule has 134 valence electrons. The quantitative estimate of drug-likeness (QED) is 0.720. The molecule has 3 rings (SSSR count). The number of fused-ring (bicyclic) bond motifs is 1. The molecule has 2 aromatic rings. The molecule has 1 atom stereocenters. The highest BCUT2D eigenvalue weighted by atomic mass is 79.9. The van der Waals surface area contributed by atoms with Crippen molar-refractivity contribution in [2.75, 3.05) is 0 Å². The summed E-state index contributed by atoms with van der Waals surface area (Å²) in [5.74, 6) is 0.00171. The molecule has 3 nitrogen and oxygen atoms in total. The summed E-state index contributed by atoms with van der Waals surface area (Å²) < 4.78 is 29.0. The van der Waals surface area contributed by atoms with Gasteiger partial charge in [-0.15, -0.1) is 0 Å². The normalized spacial score (nSPS) is 15.6. The zero-order chi connectivity index (χ0) is 17.9. The van der Waals surface area contributed by atoms with Crippen LogP contribution >= 0.6 is 15.9 Å². The van der Waals surface area contributed by atoms with Gasteiger partial charge in [0.15, 0.2) is 0 Å². The molecule has 1 aliphatic carbocycles. The summed E-state index contributed by atoms with van der Waals surface area (Å²) in [7, 11) is -3.39. The molecule has 25 heavy (non-hydrogen) atoms.